The van der Waals surface area contributed by atoms with Crippen molar-refractivity contribution >= 4 is 24.1 Å². The Hall–Kier alpha value is -3.42. The predicted molar refractivity (Wildman–Crippen MR) is 84.9 cm³/mol. The van der Waals surface area contributed by atoms with Crippen molar-refractivity contribution in [1.82, 2.24) is 9.97 Å². The normalized spacial score (nSPS) is 10.9. The van der Waals surface area contributed by atoms with Crippen molar-refractivity contribution in [2.75, 3.05) is 0 Å². The number of rotatable bonds is 5. The third-order valence-electron chi connectivity index (χ3n) is 3.25. The minimum atomic E-state index is -1.26. The molecule has 0 aliphatic carbocycles. The van der Waals surface area contributed by atoms with Crippen LogP contribution in [-0.2, 0) is 11.2 Å². The average Bonchev–Trinajstić information content (AvgIpc) is 2.49. The van der Waals surface area contributed by atoms with Crippen LogP contribution in [0.5, 0.6) is 5.75 Å². The van der Waals surface area contributed by atoms with Gasteiger partial charge in [-0.05, 0) is 30.7 Å². The molecule has 0 spiro atoms. The zero-order valence-electron chi connectivity index (χ0n) is 12.6. The summed E-state index contributed by atoms with van der Waals surface area (Å²) in [6.07, 6.45) is 2.55. The molecule has 0 bridgehead atoms. The van der Waals surface area contributed by atoms with E-state index in [1.807, 2.05) is 0 Å². The summed E-state index contributed by atoms with van der Waals surface area (Å²) in [5, 5.41) is 27.2. The average molecular weight is 330 g/mol. The predicted octanol–water partition coefficient (Wildman–Crippen LogP) is 1.28. The van der Waals surface area contributed by atoms with Crippen LogP contribution in [0.3, 0.4) is 0 Å². The Morgan fingerprint density at radius 1 is 1.25 bits per heavy atom. The third-order valence-corrected chi connectivity index (χ3v) is 3.25. The molecular formula is C16H14N2O6. The van der Waals surface area contributed by atoms with Gasteiger partial charge < -0.3 is 20.3 Å². The molecule has 2 aromatic rings. The van der Waals surface area contributed by atoms with Crippen LogP contribution in [0.1, 0.15) is 33.0 Å². The number of aromatic nitrogens is 2. The highest BCUT2D eigenvalue weighted by Crippen LogP contribution is 2.19. The molecule has 0 radical (unpaired) electrons. The summed E-state index contributed by atoms with van der Waals surface area (Å²) >= 11 is 0. The van der Waals surface area contributed by atoms with E-state index >= 15 is 0 Å². The van der Waals surface area contributed by atoms with Gasteiger partial charge in [-0.3, -0.25) is 9.59 Å². The number of benzene rings is 1. The molecule has 0 aliphatic rings. The van der Waals surface area contributed by atoms with Crippen LogP contribution in [-0.4, -0.2) is 37.2 Å². The van der Waals surface area contributed by atoms with Crippen LogP contribution in [0.2, 0.25) is 0 Å². The maximum Gasteiger partial charge on any atom is 0.339 e. The van der Waals surface area contributed by atoms with E-state index in [2.05, 4.69) is 9.97 Å². The van der Waals surface area contributed by atoms with Gasteiger partial charge in [-0.1, -0.05) is 12.1 Å². The number of aryl methyl sites for hydroxylation is 1. The van der Waals surface area contributed by atoms with Gasteiger partial charge in [0, 0.05) is 11.3 Å². The molecule has 0 atom stereocenters. The quantitative estimate of drug-likeness (QED) is 0.647. The van der Waals surface area contributed by atoms with E-state index in [0.29, 0.717) is 11.3 Å². The van der Waals surface area contributed by atoms with E-state index in [4.69, 9.17) is 10.2 Å². The lowest BCUT2D eigenvalue weighted by atomic mass is 10.1. The number of phenols is 1. The Morgan fingerprint density at radius 3 is 2.54 bits per heavy atom. The second-order valence-corrected chi connectivity index (χ2v) is 5.00. The highest BCUT2D eigenvalue weighted by atomic mass is 16.4. The van der Waals surface area contributed by atoms with Crippen LogP contribution in [0.15, 0.2) is 23.0 Å². The van der Waals surface area contributed by atoms with E-state index in [1.165, 1.54) is 37.3 Å². The third kappa shape index (κ3) is 3.86. The number of hydrogen-bond acceptors (Lipinski definition) is 5. The van der Waals surface area contributed by atoms with Crippen molar-refractivity contribution in [3.05, 3.63) is 56.8 Å². The number of nitrogens with one attached hydrogen (secondary N) is 1. The fourth-order valence-electron chi connectivity index (χ4n) is 2.07. The van der Waals surface area contributed by atoms with Crippen molar-refractivity contribution in [1.29, 1.82) is 0 Å². The molecule has 0 unspecified atom stereocenters. The fraction of sp³-hybridized carbons (Fsp3) is 0.125. The molecule has 2 rings (SSSR count). The van der Waals surface area contributed by atoms with E-state index < -0.39 is 23.9 Å². The molecule has 1 aromatic heterocycles. The van der Waals surface area contributed by atoms with E-state index in [-0.39, 0.29) is 22.7 Å². The van der Waals surface area contributed by atoms with Gasteiger partial charge in [-0.25, -0.2) is 9.78 Å². The number of carboxylic acids is 2. The monoisotopic (exact) mass is 330 g/mol. The first-order chi connectivity index (χ1) is 11.3. The smallest absolute Gasteiger partial charge is 0.339 e. The van der Waals surface area contributed by atoms with Gasteiger partial charge >= 0.3 is 11.9 Å². The lowest BCUT2D eigenvalue weighted by Gasteiger charge is -2.03. The molecule has 0 amide bonds. The summed E-state index contributed by atoms with van der Waals surface area (Å²) in [6.45, 7) is 1.54. The molecule has 24 heavy (non-hydrogen) atoms. The zero-order valence-corrected chi connectivity index (χ0v) is 12.6. The molecule has 1 aromatic carbocycles. The maximum absolute atomic E-state index is 11.9. The first-order valence-electron chi connectivity index (χ1n) is 6.84. The highest BCUT2D eigenvalue weighted by molar-refractivity contribution is 5.91. The molecule has 0 aliphatic heterocycles. The molecule has 8 nitrogen and oxygen atoms in total. The summed E-state index contributed by atoms with van der Waals surface area (Å²) in [4.78, 5) is 40.1. The van der Waals surface area contributed by atoms with Crippen LogP contribution >= 0.6 is 0 Å². The van der Waals surface area contributed by atoms with Crippen molar-refractivity contribution in [3.8, 4) is 5.75 Å². The Labute approximate surface area is 135 Å². The Kier molecular flexibility index (Phi) is 4.78. The Morgan fingerprint density at radius 2 is 1.96 bits per heavy atom. The number of aromatic carboxylic acids is 1. The minimum absolute atomic E-state index is 0.0810. The molecular weight excluding hydrogens is 316 g/mol. The van der Waals surface area contributed by atoms with Gasteiger partial charge in [0.05, 0.1) is 6.42 Å². The lowest BCUT2D eigenvalue weighted by molar-refractivity contribution is -0.136. The number of carbonyl (C=O) groups is 2. The van der Waals surface area contributed by atoms with Crippen molar-refractivity contribution in [2.24, 2.45) is 0 Å². The highest BCUT2D eigenvalue weighted by Gasteiger charge is 2.11. The van der Waals surface area contributed by atoms with E-state index in [1.54, 1.807) is 0 Å². The van der Waals surface area contributed by atoms with Gasteiger partial charge in [0.2, 0.25) is 0 Å². The minimum Gasteiger partial charge on any atom is -0.507 e. The van der Waals surface area contributed by atoms with E-state index in [0.717, 1.165) is 0 Å². The lowest BCUT2D eigenvalue weighted by Crippen LogP contribution is -2.20. The molecule has 124 valence electrons. The number of aliphatic carboxylic acids is 1. The Bertz CT molecular complexity index is 898. The molecule has 1 heterocycles. The number of H-pyrrole nitrogens is 1. The van der Waals surface area contributed by atoms with E-state index in [9.17, 15) is 19.5 Å². The van der Waals surface area contributed by atoms with Crippen LogP contribution in [0.4, 0.5) is 0 Å². The number of hydrogen-bond donors (Lipinski definition) is 4. The maximum atomic E-state index is 11.9. The van der Waals surface area contributed by atoms with Gasteiger partial charge in [0.25, 0.3) is 5.56 Å². The van der Waals surface area contributed by atoms with Crippen LogP contribution < -0.4 is 5.56 Å². The standard InChI is InChI=1S/C16H14N2O6/c1-8-10(7-14(20)21)15(22)18-13(17-8)5-3-9-2-4-12(19)11(6-9)16(23)24/h2-6,19H,7H2,1H3,(H,20,21)(H,23,24)(H,17,18,22)/b5-3+. The summed E-state index contributed by atoms with van der Waals surface area (Å²) in [7, 11) is 0. The SMILES string of the molecule is Cc1nc(/C=C/c2ccc(O)c(C(=O)O)c2)[nH]c(=O)c1CC(=O)O. The molecule has 0 fully saturated rings. The van der Waals surface area contributed by atoms with Crippen LogP contribution in [0, 0.1) is 6.92 Å². The second kappa shape index (κ2) is 6.78. The van der Waals surface area contributed by atoms with Crippen LogP contribution in [0.25, 0.3) is 12.2 Å². The summed E-state index contributed by atoms with van der Waals surface area (Å²) < 4.78 is 0. The molecule has 0 saturated heterocycles. The van der Waals surface area contributed by atoms with Crippen molar-refractivity contribution < 1.29 is 24.9 Å². The van der Waals surface area contributed by atoms with Gasteiger partial charge in [0.1, 0.15) is 17.1 Å². The van der Waals surface area contributed by atoms with Crippen molar-refractivity contribution in [3.63, 3.8) is 0 Å². The van der Waals surface area contributed by atoms with Crippen molar-refractivity contribution in [2.45, 2.75) is 13.3 Å². The molecule has 4 N–H and O–H groups in total. The topological polar surface area (TPSA) is 141 Å². The summed E-state index contributed by atoms with van der Waals surface area (Å²) in [5.74, 6) is -2.53. The van der Waals surface area contributed by atoms with Gasteiger partial charge in [-0.15, -0.1) is 0 Å². The number of aromatic hydroxyl groups is 1. The first kappa shape index (κ1) is 16.9. The fourth-order valence-corrected chi connectivity index (χ4v) is 2.07. The summed E-state index contributed by atoms with van der Waals surface area (Å²) in [6, 6.07) is 4.03. The molecule has 8 heteroatoms. The first-order valence-corrected chi connectivity index (χ1v) is 6.84. The number of nitrogens with zero attached hydrogens (tertiary/aromatic N) is 1. The largest absolute Gasteiger partial charge is 0.507 e. The number of aromatic amines is 1. The Balaban J connectivity index is 2.33. The summed E-state index contributed by atoms with van der Waals surface area (Å²) in [5.41, 5.74) is 0.0864. The zero-order chi connectivity index (χ0) is 17.9. The number of carboxylic acid groups (broad SMARTS) is 2. The van der Waals surface area contributed by atoms with Gasteiger partial charge in [0.15, 0.2) is 0 Å². The second-order valence-electron chi connectivity index (χ2n) is 5.00. The van der Waals surface area contributed by atoms with Gasteiger partial charge in [-0.2, -0.15) is 0 Å². The molecule has 0 saturated carbocycles.